The first-order valence-electron chi connectivity index (χ1n) is 15.1. The van der Waals surface area contributed by atoms with Crippen LogP contribution >= 0.6 is 35.1 Å². The van der Waals surface area contributed by atoms with Gasteiger partial charge in [0.15, 0.2) is 0 Å². The molecule has 1 atom stereocenters. The Hall–Kier alpha value is -5.11. The summed E-state index contributed by atoms with van der Waals surface area (Å²) in [5.41, 5.74) is 2.16. The first-order valence-corrected chi connectivity index (χ1v) is 17.7. The standard InChI is InChI=1S/C36H33N5O5S3/c1-4-47-36-40-35(49-41-36)39-34(44)31(23-12-7-5-8-13-23)48-28-17-11-16-26(22-28)37-33(43)29(38-32(42)24-14-9-6-10-15-24)21-25-20-27(45-2)18-19-30(25)46-3/h5-22,31H,4H2,1-3H3,(H,37,43)(H,38,42)(H,39,40,41,44)/b29-21+. The number of methoxy groups -OCH3 is 2. The van der Waals surface area contributed by atoms with Gasteiger partial charge < -0.3 is 20.1 Å². The number of hydrogen-bond donors (Lipinski definition) is 3. The van der Waals surface area contributed by atoms with Gasteiger partial charge in [-0.2, -0.15) is 9.36 Å². The fraction of sp³-hybridized carbons (Fsp3) is 0.139. The third kappa shape index (κ3) is 9.72. The molecule has 5 rings (SSSR count). The number of rotatable bonds is 14. The summed E-state index contributed by atoms with van der Waals surface area (Å²) in [5.74, 6) is 0.583. The van der Waals surface area contributed by atoms with E-state index in [1.807, 2.05) is 43.3 Å². The monoisotopic (exact) mass is 711 g/mol. The molecule has 0 spiro atoms. The maximum Gasteiger partial charge on any atom is 0.272 e. The lowest BCUT2D eigenvalue weighted by atomic mass is 10.1. The number of nitrogens with zero attached hydrogens (tertiary/aromatic N) is 2. The van der Waals surface area contributed by atoms with Crippen LogP contribution in [0.5, 0.6) is 11.5 Å². The van der Waals surface area contributed by atoms with Gasteiger partial charge in [0.1, 0.15) is 22.4 Å². The molecule has 0 aliphatic heterocycles. The van der Waals surface area contributed by atoms with E-state index >= 15 is 0 Å². The zero-order valence-electron chi connectivity index (χ0n) is 26.8. The fourth-order valence-electron chi connectivity index (χ4n) is 4.55. The Kier molecular flexibility index (Phi) is 12.5. The van der Waals surface area contributed by atoms with Gasteiger partial charge in [-0.3, -0.25) is 19.7 Å². The van der Waals surface area contributed by atoms with Crippen molar-refractivity contribution in [3.63, 3.8) is 0 Å². The summed E-state index contributed by atoms with van der Waals surface area (Å²) in [4.78, 5) is 45.7. The summed E-state index contributed by atoms with van der Waals surface area (Å²) in [5, 5.41) is 8.97. The second-order valence-electron chi connectivity index (χ2n) is 10.2. The van der Waals surface area contributed by atoms with Crippen molar-refractivity contribution in [2.24, 2.45) is 0 Å². The molecule has 250 valence electrons. The van der Waals surface area contributed by atoms with E-state index in [0.717, 1.165) is 27.7 Å². The lowest BCUT2D eigenvalue weighted by Gasteiger charge is -2.17. The van der Waals surface area contributed by atoms with Gasteiger partial charge in [-0.25, -0.2) is 0 Å². The molecule has 0 bridgehead atoms. The summed E-state index contributed by atoms with van der Waals surface area (Å²) in [6.07, 6.45) is 1.53. The smallest absolute Gasteiger partial charge is 0.272 e. The van der Waals surface area contributed by atoms with Crippen LogP contribution in [-0.4, -0.2) is 47.1 Å². The Morgan fingerprint density at radius 2 is 1.63 bits per heavy atom. The first kappa shape index (κ1) is 35.2. The van der Waals surface area contributed by atoms with Gasteiger partial charge in [-0.15, -0.1) is 11.8 Å². The predicted octanol–water partition coefficient (Wildman–Crippen LogP) is 7.55. The van der Waals surface area contributed by atoms with Gasteiger partial charge >= 0.3 is 0 Å². The van der Waals surface area contributed by atoms with Crippen molar-refractivity contribution in [1.82, 2.24) is 14.7 Å². The van der Waals surface area contributed by atoms with Gasteiger partial charge in [0.05, 0.1) is 14.2 Å². The van der Waals surface area contributed by atoms with Crippen LogP contribution in [0, 0.1) is 0 Å². The van der Waals surface area contributed by atoms with Crippen molar-refractivity contribution in [3.05, 3.63) is 126 Å². The van der Waals surface area contributed by atoms with E-state index in [2.05, 4.69) is 25.3 Å². The molecule has 0 fully saturated rings. The highest BCUT2D eigenvalue weighted by Gasteiger charge is 2.24. The van der Waals surface area contributed by atoms with Crippen LogP contribution in [0.25, 0.3) is 6.08 Å². The minimum atomic E-state index is -0.625. The van der Waals surface area contributed by atoms with Crippen molar-refractivity contribution in [2.75, 3.05) is 30.6 Å². The Morgan fingerprint density at radius 1 is 0.878 bits per heavy atom. The normalized spacial score (nSPS) is 11.7. The number of aromatic nitrogens is 2. The molecule has 1 heterocycles. The molecule has 0 radical (unpaired) electrons. The van der Waals surface area contributed by atoms with Crippen LogP contribution in [0.15, 0.2) is 119 Å². The number of amides is 3. The minimum Gasteiger partial charge on any atom is -0.497 e. The van der Waals surface area contributed by atoms with Crippen molar-refractivity contribution in [1.29, 1.82) is 0 Å². The number of carbonyl (C=O) groups excluding carboxylic acids is 3. The van der Waals surface area contributed by atoms with Gasteiger partial charge in [-0.1, -0.05) is 73.3 Å². The molecule has 1 unspecified atom stereocenters. The number of thioether (sulfide) groups is 2. The van der Waals surface area contributed by atoms with Crippen molar-refractivity contribution in [2.45, 2.75) is 22.2 Å². The largest absolute Gasteiger partial charge is 0.497 e. The van der Waals surface area contributed by atoms with Gasteiger partial charge in [0.25, 0.3) is 11.8 Å². The molecule has 5 aromatic rings. The maximum atomic E-state index is 13.8. The number of nitrogens with one attached hydrogen (secondary N) is 3. The number of hydrogen-bond acceptors (Lipinski definition) is 10. The summed E-state index contributed by atoms with van der Waals surface area (Å²) >= 11 is 3.97. The fourth-order valence-corrected chi connectivity index (χ4v) is 6.91. The molecule has 0 aliphatic carbocycles. The maximum absolute atomic E-state index is 13.8. The zero-order valence-corrected chi connectivity index (χ0v) is 29.3. The van der Waals surface area contributed by atoms with Crippen LogP contribution in [0.1, 0.15) is 33.7 Å². The number of anilines is 2. The Bertz CT molecular complexity index is 1940. The topological polar surface area (TPSA) is 132 Å². The summed E-state index contributed by atoms with van der Waals surface area (Å²) < 4.78 is 15.2. The van der Waals surface area contributed by atoms with E-state index in [1.165, 1.54) is 43.8 Å². The van der Waals surface area contributed by atoms with Crippen LogP contribution < -0.4 is 25.4 Å². The molecule has 1 aromatic heterocycles. The Balaban J connectivity index is 1.40. The molecule has 10 nitrogen and oxygen atoms in total. The molecule has 3 amide bonds. The summed E-state index contributed by atoms with van der Waals surface area (Å²) in [6, 6.07) is 30.3. The van der Waals surface area contributed by atoms with E-state index in [-0.39, 0.29) is 11.6 Å². The van der Waals surface area contributed by atoms with Crippen LogP contribution in [-0.2, 0) is 9.59 Å². The summed E-state index contributed by atoms with van der Waals surface area (Å²) in [7, 11) is 3.06. The highest BCUT2D eigenvalue weighted by Crippen LogP contribution is 2.37. The van der Waals surface area contributed by atoms with E-state index in [9.17, 15) is 14.4 Å². The molecule has 13 heteroatoms. The molecule has 3 N–H and O–H groups in total. The van der Waals surface area contributed by atoms with Crippen LogP contribution in [0.4, 0.5) is 10.8 Å². The van der Waals surface area contributed by atoms with E-state index in [4.69, 9.17) is 9.47 Å². The number of ether oxygens (including phenoxy) is 2. The molecule has 0 aliphatic rings. The van der Waals surface area contributed by atoms with Gasteiger partial charge in [0.2, 0.25) is 16.2 Å². The number of carbonyl (C=O) groups is 3. The highest BCUT2D eigenvalue weighted by molar-refractivity contribution is 8.00. The molecule has 0 saturated heterocycles. The van der Waals surface area contributed by atoms with E-state index in [0.29, 0.717) is 38.6 Å². The van der Waals surface area contributed by atoms with Gasteiger partial charge in [0, 0.05) is 33.2 Å². The Labute approximate surface area is 296 Å². The quantitative estimate of drug-likeness (QED) is 0.0790. The van der Waals surface area contributed by atoms with E-state index < -0.39 is 17.1 Å². The van der Waals surface area contributed by atoms with Crippen molar-refractivity contribution >= 4 is 69.7 Å². The first-order chi connectivity index (χ1) is 23.9. The third-order valence-corrected chi connectivity index (χ3v) is 9.59. The molecule has 49 heavy (non-hydrogen) atoms. The van der Waals surface area contributed by atoms with Crippen molar-refractivity contribution < 1.29 is 23.9 Å². The second-order valence-corrected chi connectivity index (χ2v) is 13.3. The van der Waals surface area contributed by atoms with Crippen LogP contribution in [0.3, 0.4) is 0 Å². The Morgan fingerprint density at radius 3 is 2.35 bits per heavy atom. The summed E-state index contributed by atoms with van der Waals surface area (Å²) in [6.45, 7) is 2.01. The lowest BCUT2D eigenvalue weighted by Crippen LogP contribution is -2.30. The molecular weight excluding hydrogens is 679 g/mol. The highest BCUT2D eigenvalue weighted by atomic mass is 32.2. The molecular formula is C36H33N5O5S3. The SMILES string of the molecule is CCSc1nsc(NC(=O)C(Sc2cccc(NC(=O)/C(=C\c3cc(OC)ccc3OC)NC(=O)c3ccccc3)c2)c2ccccc2)n1. The molecule has 0 saturated carbocycles. The third-order valence-electron chi connectivity index (χ3n) is 6.86. The minimum absolute atomic E-state index is 0.0161. The number of benzene rings is 4. The van der Waals surface area contributed by atoms with Crippen molar-refractivity contribution in [3.8, 4) is 11.5 Å². The average Bonchev–Trinajstić information content (AvgIpc) is 3.57. The van der Waals surface area contributed by atoms with E-state index in [1.54, 1.807) is 66.7 Å². The molecule has 4 aromatic carbocycles. The zero-order chi connectivity index (χ0) is 34.6. The lowest BCUT2D eigenvalue weighted by molar-refractivity contribution is -0.116. The van der Waals surface area contributed by atoms with Crippen LogP contribution in [0.2, 0.25) is 0 Å². The van der Waals surface area contributed by atoms with Gasteiger partial charge in [-0.05, 0) is 65.9 Å². The second kappa shape index (κ2) is 17.3. The predicted molar refractivity (Wildman–Crippen MR) is 196 cm³/mol. The average molecular weight is 712 g/mol.